The Morgan fingerprint density at radius 1 is 1.53 bits per heavy atom. The summed E-state index contributed by atoms with van der Waals surface area (Å²) in [5.74, 6) is 0.694. The fraction of sp³-hybridized carbons (Fsp3) is 0.333. The summed E-state index contributed by atoms with van der Waals surface area (Å²) >= 11 is 6.05. The summed E-state index contributed by atoms with van der Waals surface area (Å²) < 4.78 is 5.45. The maximum atomic E-state index is 6.05. The Balaban J connectivity index is 2.74. The summed E-state index contributed by atoms with van der Waals surface area (Å²) in [5, 5.41) is 0.606. The first-order chi connectivity index (χ1) is 7.15. The molecule has 15 heavy (non-hydrogen) atoms. The van der Waals surface area contributed by atoms with E-state index in [9.17, 15) is 0 Å². The van der Waals surface area contributed by atoms with Crippen LogP contribution in [0.1, 0.15) is 25.5 Å². The van der Waals surface area contributed by atoms with Crippen molar-refractivity contribution < 1.29 is 4.74 Å². The van der Waals surface area contributed by atoms with Crippen molar-refractivity contribution >= 4 is 11.6 Å². The molecule has 0 spiro atoms. The molecule has 0 unspecified atom stereocenters. The molecule has 2 nitrogen and oxygen atoms in total. The zero-order valence-corrected chi connectivity index (χ0v) is 9.79. The molecule has 3 heteroatoms. The number of ether oxygens (including phenoxy) is 1. The molecular weight excluding hydrogens is 210 g/mol. The van der Waals surface area contributed by atoms with Crippen molar-refractivity contribution in [1.82, 2.24) is 0 Å². The lowest BCUT2D eigenvalue weighted by atomic mass is 10.1. The summed E-state index contributed by atoms with van der Waals surface area (Å²) in [7, 11) is 0. The van der Waals surface area contributed by atoms with E-state index in [2.05, 4.69) is 0 Å². The molecule has 1 rings (SSSR count). The molecule has 1 aromatic rings. The monoisotopic (exact) mass is 225 g/mol. The third-order valence-corrected chi connectivity index (χ3v) is 2.35. The van der Waals surface area contributed by atoms with Crippen molar-refractivity contribution in [2.75, 3.05) is 6.61 Å². The van der Waals surface area contributed by atoms with Gasteiger partial charge in [0.05, 0.1) is 5.02 Å². The number of hydrogen-bond donors (Lipinski definition) is 1. The van der Waals surface area contributed by atoms with Gasteiger partial charge >= 0.3 is 0 Å². The van der Waals surface area contributed by atoms with E-state index in [1.165, 1.54) is 0 Å². The summed E-state index contributed by atoms with van der Waals surface area (Å²) in [6.45, 7) is 4.41. The Labute approximate surface area is 95.7 Å². The minimum atomic E-state index is -0.00733. The van der Waals surface area contributed by atoms with Crippen LogP contribution < -0.4 is 10.5 Å². The van der Waals surface area contributed by atoms with Crippen LogP contribution in [0.25, 0.3) is 0 Å². The maximum Gasteiger partial charge on any atom is 0.138 e. The normalized spacial score (nSPS) is 13.1. The Hall–Kier alpha value is -0.990. The van der Waals surface area contributed by atoms with Gasteiger partial charge in [0, 0.05) is 6.04 Å². The highest BCUT2D eigenvalue weighted by Crippen LogP contribution is 2.27. The Morgan fingerprint density at radius 2 is 2.27 bits per heavy atom. The predicted molar refractivity (Wildman–Crippen MR) is 64.4 cm³/mol. The number of hydrogen-bond acceptors (Lipinski definition) is 2. The van der Waals surface area contributed by atoms with Crippen LogP contribution in [0.3, 0.4) is 0 Å². The predicted octanol–water partition coefficient (Wildman–Crippen LogP) is 3.31. The van der Waals surface area contributed by atoms with Crippen LogP contribution in [0.15, 0.2) is 30.4 Å². The van der Waals surface area contributed by atoms with E-state index in [0.717, 1.165) is 5.56 Å². The van der Waals surface area contributed by atoms with Crippen LogP contribution in [0.2, 0.25) is 5.02 Å². The van der Waals surface area contributed by atoms with Gasteiger partial charge in [0.15, 0.2) is 0 Å². The fourth-order valence-electron chi connectivity index (χ4n) is 1.15. The topological polar surface area (TPSA) is 35.2 Å². The number of allylic oxidation sites excluding steroid dienone is 1. The van der Waals surface area contributed by atoms with Gasteiger partial charge < -0.3 is 10.5 Å². The molecule has 0 saturated heterocycles. The standard InChI is InChI=1S/C12H16ClNO/c1-3-4-7-15-12-6-5-10(9(2)14)8-11(12)13/h3-6,8-9H,7,14H2,1-2H3/b4-3+/t9-/m0/s1. The third kappa shape index (κ3) is 3.57. The van der Waals surface area contributed by atoms with Crippen LogP contribution in [0.4, 0.5) is 0 Å². The molecule has 82 valence electrons. The lowest BCUT2D eigenvalue weighted by Gasteiger charge is -2.09. The summed E-state index contributed by atoms with van der Waals surface area (Å²) in [5.41, 5.74) is 6.76. The first-order valence-electron chi connectivity index (χ1n) is 4.94. The van der Waals surface area contributed by atoms with Gasteiger partial charge in [0.1, 0.15) is 12.4 Å². The van der Waals surface area contributed by atoms with Crippen molar-refractivity contribution in [2.24, 2.45) is 5.73 Å². The highest BCUT2D eigenvalue weighted by atomic mass is 35.5. The van der Waals surface area contributed by atoms with Crippen molar-refractivity contribution in [3.8, 4) is 5.75 Å². The van der Waals surface area contributed by atoms with Crippen LogP contribution in [-0.4, -0.2) is 6.61 Å². The number of benzene rings is 1. The van der Waals surface area contributed by atoms with Gasteiger partial charge in [-0.15, -0.1) is 0 Å². The molecule has 0 bridgehead atoms. The molecule has 2 N–H and O–H groups in total. The molecule has 0 heterocycles. The van der Waals surface area contributed by atoms with E-state index in [1.807, 2.05) is 44.2 Å². The van der Waals surface area contributed by atoms with E-state index in [0.29, 0.717) is 17.4 Å². The van der Waals surface area contributed by atoms with Gasteiger partial charge in [-0.25, -0.2) is 0 Å². The molecule has 0 amide bonds. The van der Waals surface area contributed by atoms with Crippen molar-refractivity contribution in [3.05, 3.63) is 40.9 Å². The molecule has 0 aliphatic heterocycles. The molecule has 0 aromatic heterocycles. The van der Waals surface area contributed by atoms with Crippen LogP contribution >= 0.6 is 11.6 Å². The Bertz CT molecular complexity index is 347. The molecule has 0 saturated carbocycles. The molecule has 0 aliphatic rings. The van der Waals surface area contributed by atoms with Gasteiger partial charge in [0.25, 0.3) is 0 Å². The number of halogens is 1. The van der Waals surface area contributed by atoms with E-state index < -0.39 is 0 Å². The van der Waals surface area contributed by atoms with Crippen LogP contribution in [0.5, 0.6) is 5.75 Å². The highest BCUT2D eigenvalue weighted by molar-refractivity contribution is 6.32. The summed E-state index contributed by atoms with van der Waals surface area (Å²) in [6, 6.07) is 5.62. The van der Waals surface area contributed by atoms with E-state index in [1.54, 1.807) is 0 Å². The van der Waals surface area contributed by atoms with E-state index in [4.69, 9.17) is 22.1 Å². The smallest absolute Gasteiger partial charge is 0.138 e. The summed E-state index contributed by atoms with van der Waals surface area (Å²) in [4.78, 5) is 0. The molecule has 0 aliphatic carbocycles. The minimum Gasteiger partial charge on any atom is -0.488 e. The number of rotatable bonds is 4. The highest BCUT2D eigenvalue weighted by Gasteiger charge is 2.04. The van der Waals surface area contributed by atoms with Gasteiger partial charge in [-0.3, -0.25) is 0 Å². The van der Waals surface area contributed by atoms with Gasteiger partial charge in [0.2, 0.25) is 0 Å². The lowest BCUT2D eigenvalue weighted by molar-refractivity contribution is 0.363. The summed E-state index contributed by atoms with van der Waals surface area (Å²) in [6.07, 6.45) is 3.86. The zero-order chi connectivity index (χ0) is 11.3. The molecule has 1 atom stereocenters. The van der Waals surface area contributed by atoms with Gasteiger partial charge in [-0.1, -0.05) is 29.8 Å². The third-order valence-electron chi connectivity index (χ3n) is 2.05. The molecule has 1 aromatic carbocycles. The second-order valence-electron chi connectivity index (χ2n) is 3.36. The maximum absolute atomic E-state index is 6.05. The van der Waals surface area contributed by atoms with Crippen molar-refractivity contribution in [3.63, 3.8) is 0 Å². The minimum absolute atomic E-state index is 0.00733. The van der Waals surface area contributed by atoms with Crippen LogP contribution in [-0.2, 0) is 0 Å². The second-order valence-corrected chi connectivity index (χ2v) is 3.77. The van der Waals surface area contributed by atoms with Crippen LogP contribution in [0, 0.1) is 0 Å². The second kappa shape index (κ2) is 5.79. The fourth-order valence-corrected chi connectivity index (χ4v) is 1.40. The van der Waals surface area contributed by atoms with Crippen molar-refractivity contribution in [1.29, 1.82) is 0 Å². The van der Waals surface area contributed by atoms with Crippen molar-refractivity contribution in [2.45, 2.75) is 19.9 Å². The largest absolute Gasteiger partial charge is 0.488 e. The Morgan fingerprint density at radius 3 is 2.80 bits per heavy atom. The first kappa shape index (κ1) is 12.1. The quantitative estimate of drug-likeness (QED) is 0.798. The lowest BCUT2D eigenvalue weighted by Crippen LogP contribution is -2.05. The molecule has 0 fully saturated rings. The number of nitrogens with two attached hydrogens (primary N) is 1. The average molecular weight is 226 g/mol. The van der Waals surface area contributed by atoms with Gasteiger partial charge in [-0.05, 0) is 31.5 Å². The first-order valence-corrected chi connectivity index (χ1v) is 5.32. The molecular formula is C12H16ClNO. The average Bonchev–Trinajstić information content (AvgIpc) is 2.20. The Kier molecular flexibility index (Phi) is 4.66. The van der Waals surface area contributed by atoms with E-state index in [-0.39, 0.29) is 6.04 Å². The van der Waals surface area contributed by atoms with E-state index >= 15 is 0 Å². The zero-order valence-electron chi connectivity index (χ0n) is 9.03. The van der Waals surface area contributed by atoms with Gasteiger partial charge in [-0.2, -0.15) is 0 Å². The SMILES string of the molecule is C/C=C/COc1ccc([C@H](C)N)cc1Cl. The molecule has 0 radical (unpaired) electrons.